The molecule has 0 radical (unpaired) electrons. The second-order valence-corrected chi connectivity index (χ2v) is 9.07. The number of anilines is 2. The molecule has 0 aliphatic rings. The van der Waals surface area contributed by atoms with Crippen LogP contribution in [0.1, 0.15) is 39.2 Å². The fourth-order valence-electron chi connectivity index (χ4n) is 2.77. The molecular weight excluding hydrogens is 404 g/mol. The number of nitrogens with two attached hydrogens (primary N) is 1. The summed E-state index contributed by atoms with van der Waals surface area (Å²) >= 11 is 0. The van der Waals surface area contributed by atoms with Crippen LogP contribution in [0.3, 0.4) is 0 Å². The topological polar surface area (TPSA) is 123 Å². The number of ether oxygens (including phenoxy) is 1. The maximum atomic E-state index is 12.8. The van der Waals surface area contributed by atoms with Crippen LogP contribution in [-0.2, 0) is 26.1 Å². The normalized spacial score (nSPS) is 12.5. The molecule has 0 aliphatic carbocycles. The third kappa shape index (κ3) is 7.00. The molecule has 2 aromatic rings. The molecule has 1 heterocycles. The van der Waals surface area contributed by atoms with Crippen LogP contribution in [0.15, 0.2) is 47.6 Å². The van der Waals surface area contributed by atoms with E-state index in [1.807, 2.05) is 13.8 Å². The van der Waals surface area contributed by atoms with Gasteiger partial charge in [0.15, 0.2) is 0 Å². The molecule has 1 aromatic carbocycles. The molecule has 0 bridgehead atoms. The highest BCUT2D eigenvalue weighted by atomic mass is 32.2. The van der Waals surface area contributed by atoms with Crippen LogP contribution in [0.25, 0.3) is 0 Å². The summed E-state index contributed by atoms with van der Waals surface area (Å²) in [7, 11) is -3.86. The summed E-state index contributed by atoms with van der Waals surface area (Å²) in [6.45, 7) is 6.40. The third-order valence-corrected chi connectivity index (χ3v) is 5.96. The number of sulfonamides is 1. The number of pyridine rings is 1. The lowest BCUT2D eigenvalue weighted by molar-refractivity contribution is -0.145. The van der Waals surface area contributed by atoms with Crippen LogP contribution in [0.5, 0.6) is 0 Å². The second-order valence-electron chi connectivity index (χ2n) is 7.36. The van der Waals surface area contributed by atoms with E-state index in [2.05, 4.69) is 15.0 Å². The molecule has 9 heteroatoms. The molecule has 0 saturated heterocycles. The van der Waals surface area contributed by atoms with Crippen molar-refractivity contribution in [2.45, 2.75) is 51.1 Å². The second kappa shape index (κ2) is 10.9. The van der Waals surface area contributed by atoms with Crippen LogP contribution in [0.2, 0.25) is 0 Å². The smallest absolute Gasteiger partial charge is 0.324 e. The Morgan fingerprint density at radius 1 is 1.17 bits per heavy atom. The lowest BCUT2D eigenvalue weighted by atomic mass is 10.0. The van der Waals surface area contributed by atoms with E-state index < -0.39 is 22.0 Å². The largest absolute Gasteiger partial charge is 0.465 e. The van der Waals surface area contributed by atoms with Crippen LogP contribution in [0.4, 0.5) is 11.4 Å². The first-order valence-electron chi connectivity index (χ1n) is 9.94. The maximum Gasteiger partial charge on any atom is 0.324 e. The van der Waals surface area contributed by atoms with E-state index in [4.69, 9.17) is 10.5 Å². The van der Waals surface area contributed by atoms with Gasteiger partial charge in [0.25, 0.3) is 0 Å². The van der Waals surface area contributed by atoms with Gasteiger partial charge in [0, 0.05) is 12.7 Å². The lowest BCUT2D eigenvalue weighted by Gasteiger charge is -2.18. The number of benzene rings is 1. The zero-order chi connectivity index (χ0) is 22.1. The van der Waals surface area contributed by atoms with Gasteiger partial charge < -0.3 is 15.8 Å². The van der Waals surface area contributed by atoms with Gasteiger partial charge in [-0.2, -0.15) is 4.72 Å². The molecule has 164 valence electrons. The quantitative estimate of drug-likeness (QED) is 0.465. The number of carbonyl (C=O) groups excluding carboxylic acids is 1. The Kier molecular flexibility index (Phi) is 8.61. The van der Waals surface area contributed by atoms with E-state index >= 15 is 0 Å². The first-order chi connectivity index (χ1) is 14.2. The van der Waals surface area contributed by atoms with Crippen molar-refractivity contribution in [1.82, 2.24) is 9.71 Å². The number of esters is 1. The first-order valence-corrected chi connectivity index (χ1v) is 11.4. The Labute approximate surface area is 178 Å². The Bertz CT molecular complexity index is 930. The van der Waals surface area contributed by atoms with Gasteiger partial charge in [-0.05, 0) is 49.4 Å². The van der Waals surface area contributed by atoms with E-state index in [-0.39, 0.29) is 11.5 Å². The summed E-state index contributed by atoms with van der Waals surface area (Å²) in [5.74, 6) is -0.217. The van der Waals surface area contributed by atoms with E-state index in [1.54, 1.807) is 37.5 Å². The fourth-order valence-corrected chi connectivity index (χ4v) is 3.99. The number of hydrogen-bond acceptors (Lipinski definition) is 7. The molecule has 0 spiro atoms. The summed E-state index contributed by atoms with van der Waals surface area (Å²) in [5.41, 5.74) is 8.02. The summed E-state index contributed by atoms with van der Waals surface area (Å²) in [6.07, 6.45) is 4.28. The van der Waals surface area contributed by atoms with Gasteiger partial charge >= 0.3 is 5.97 Å². The summed E-state index contributed by atoms with van der Waals surface area (Å²) in [4.78, 5) is 16.2. The minimum absolute atomic E-state index is 0.0912. The van der Waals surface area contributed by atoms with Crippen molar-refractivity contribution in [2.75, 3.05) is 17.7 Å². The minimum atomic E-state index is -3.86. The van der Waals surface area contributed by atoms with E-state index in [0.29, 0.717) is 31.0 Å². The zero-order valence-electron chi connectivity index (χ0n) is 17.6. The Hall–Kier alpha value is -2.65. The number of nitrogens with one attached hydrogen (secondary N) is 2. The SMILES string of the molecule is CCOC(=O)[C@H](CCC(C)C)NS(=O)(=O)c1ccc(CNc2ccncc2N)cc1. The van der Waals surface area contributed by atoms with Gasteiger partial charge in [0.1, 0.15) is 6.04 Å². The van der Waals surface area contributed by atoms with Gasteiger partial charge in [0.05, 0.1) is 29.1 Å². The van der Waals surface area contributed by atoms with Gasteiger partial charge in [-0.1, -0.05) is 26.0 Å². The predicted molar refractivity (Wildman–Crippen MR) is 117 cm³/mol. The fraction of sp³-hybridized carbons (Fsp3) is 0.429. The average molecular weight is 435 g/mol. The van der Waals surface area contributed by atoms with Gasteiger partial charge in [0.2, 0.25) is 10.0 Å². The maximum absolute atomic E-state index is 12.8. The predicted octanol–water partition coefficient (Wildman–Crippen LogP) is 2.92. The van der Waals surface area contributed by atoms with Gasteiger partial charge in [-0.25, -0.2) is 8.42 Å². The molecule has 2 rings (SSSR count). The molecule has 4 N–H and O–H groups in total. The summed E-state index contributed by atoms with van der Waals surface area (Å²) < 4.78 is 33.1. The van der Waals surface area contributed by atoms with E-state index in [0.717, 1.165) is 11.3 Å². The van der Waals surface area contributed by atoms with Crippen molar-refractivity contribution >= 4 is 27.4 Å². The van der Waals surface area contributed by atoms with Crippen LogP contribution in [-0.4, -0.2) is 32.0 Å². The molecule has 8 nitrogen and oxygen atoms in total. The number of rotatable bonds is 11. The summed E-state index contributed by atoms with van der Waals surface area (Å²) in [6, 6.07) is 7.32. The molecule has 1 aromatic heterocycles. The van der Waals surface area contributed by atoms with E-state index in [1.165, 1.54) is 12.1 Å². The van der Waals surface area contributed by atoms with Crippen molar-refractivity contribution in [1.29, 1.82) is 0 Å². The highest BCUT2D eigenvalue weighted by molar-refractivity contribution is 7.89. The number of hydrogen-bond donors (Lipinski definition) is 3. The molecule has 0 amide bonds. The van der Waals surface area contributed by atoms with Crippen molar-refractivity contribution in [3.63, 3.8) is 0 Å². The summed E-state index contributed by atoms with van der Waals surface area (Å²) in [5, 5.41) is 3.18. The average Bonchev–Trinajstić information content (AvgIpc) is 2.71. The monoisotopic (exact) mass is 434 g/mol. The molecule has 0 unspecified atom stereocenters. The van der Waals surface area contributed by atoms with Gasteiger partial charge in [-0.3, -0.25) is 9.78 Å². The van der Waals surface area contributed by atoms with Crippen molar-refractivity contribution in [3.05, 3.63) is 48.3 Å². The molecule has 0 fully saturated rings. The number of nitrogen functional groups attached to an aromatic ring is 1. The lowest BCUT2D eigenvalue weighted by Crippen LogP contribution is -2.42. The van der Waals surface area contributed by atoms with Gasteiger partial charge in [-0.15, -0.1) is 0 Å². The number of nitrogens with zero attached hydrogens (tertiary/aromatic N) is 1. The highest BCUT2D eigenvalue weighted by Crippen LogP contribution is 2.18. The van der Waals surface area contributed by atoms with Crippen molar-refractivity contribution in [2.24, 2.45) is 5.92 Å². The Morgan fingerprint density at radius 2 is 1.87 bits per heavy atom. The number of carbonyl (C=O) groups is 1. The molecule has 0 aliphatic heterocycles. The van der Waals surface area contributed by atoms with E-state index in [9.17, 15) is 13.2 Å². The van der Waals surface area contributed by atoms with Crippen LogP contribution in [0, 0.1) is 5.92 Å². The number of aromatic nitrogens is 1. The zero-order valence-corrected chi connectivity index (χ0v) is 18.4. The van der Waals surface area contributed by atoms with Crippen LogP contribution < -0.4 is 15.8 Å². The molecule has 30 heavy (non-hydrogen) atoms. The Morgan fingerprint density at radius 3 is 2.47 bits per heavy atom. The Balaban J connectivity index is 2.06. The third-order valence-electron chi connectivity index (χ3n) is 4.47. The molecular formula is C21H30N4O4S. The molecule has 1 atom stereocenters. The molecule has 0 saturated carbocycles. The first kappa shape index (κ1) is 23.6. The van der Waals surface area contributed by atoms with Crippen LogP contribution >= 0.6 is 0 Å². The standard InChI is InChI=1S/C21H30N4O4S/c1-4-29-21(26)20(10-5-15(2)3)25-30(27,28)17-8-6-16(7-9-17)13-24-19-11-12-23-14-18(19)22/h6-9,11-12,14-15,20,25H,4-5,10,13,22H2,1-3H3,(H,23,24)/t20-/m0/s1. The van der Waals surface area contributed by atoms with Crippen molar-refractivity contribution < 1.29 is 17.9 Å². The highest BCUT2D eigenvalue weighted by Gasteiger charge is 2.26. The minimum Gasteiger partial charge on any atom is -0.465 e. The van der Waals surface area contributed by atoms with Crippen molar-refractivity contribution in [3.8, 4) is 0 Å².